The van der Waals surface area contributed by atoms with E-state index in [9.17, 15) is 10.1 Å². The number of hydrogen-bond acceptors (Lipinski definition) is 4. The van der Waals surface area contributed by atoms with Crippen LogP contribution in [0.4, 0.5) is 5.69 Å². The predicted octanol–water partition coefficient (Wildman–Crippen LogP) is 2.29. The highest BCUT2D eigenvalue weighted by molar-refractivity contribution is 5.48. The fourth-order valence-corrected chi connectivity index (χ4v) is 1.76. The second kappa shape index (κ2) is 5.82. The van der Waals surface area contributed by atoms with Crippen molar-refractivity contribution in [3.05, 3.63) is 33.9 Å². The first-order valence-electron chi connectivity index (χ1n) is 6.34. The van der Waals surface area contributed by atoms with E-state index >= 15 is 0 Å². The molecule has 0 aromatic heterocycles. The van der Waals surface area contributed by atoms with Crippen LogP contribution in [0.1, 0.15) is 25.3 Å². The number of benzene rings is 1. The normalized spacial score (nSPS) is 14.5. The molecule has 0 bridgehead atoms. The molecular weight excluding hydrogens is 232 g/mol. The third-order valence-electron chi connectivity index (χ3n) is 3.00. The van der Waals surface area contributed by atoms with Crippen LogP contribution in [-0.4, -0.2) is 24.1 Å². The Balaban J connectivity index is 1.94. The van der Waals surface area contributed by atoms with Crippen LogP contribution in [0.25, 0.3) is 0 Å². The average Bonchev–Trinajstić information content (AvgIpc) is 3.18. The van der Waals surface area contributed by atoms with Crippen molar-refractivity contribution in [2.45, 2.75) is 32.2 Å². The average molecular weight is 250 g/mol. The number of hydrogen-bond donors (Lipinski definition) is 1. The smallest absolute Gasteiger partial charge is 0.311 e. The van der Waals surface area contributed by atoms with E-state index in [1.807, 2.05) is 13.0 Å². The maximum absolute atomic E-state index is 11.0. The molecular formula is C13H18N2O3. The summed E-state index contributed by atoms with van der Waals surface area (Å²) in [7, 11) is 0. The lowest BCUT2D eigenvalue weighted by Gasteiger charge is -2.08. The zero-order valence-electron chi connectivity index (χ0n) is 10.5. The number of nitro groups is 1. The molecule has 0 heterocycles. The Labute approximate surface area is 106 Å². The predicted molar refractivity (Wildman–Crippen MR) is 69.0 cm³/mol. The van der Waals surface area contributed by atoms with E-state index in [-0.39, 0.29) is 10.6 Å². The van der Waals surface area contributed by atoms with Gasteiger partial charge in [-0.05, 0) is 30.9 Å². The van der Waals surface area contributed by atoms with Gasteiger partial charge >= 0.3 is 5.69 Å². The minimum Gasteiger partial charge on any atom is -0.485 e. The van der Waals surface area contributed by atoms with Crippen molar-refractivity contribution in [3.8, 4) is 5.75 Å². The van der Waals surface area contributed by atoms with Gasteiger partial charge in [-0.1, -0.05) is 13.0 Å². The molecule has 5 heteroatoms. The molecule has 0 amide bonds. The highest BCUT2D eigenvalue weighted by Crippen LogP contribution is 2.28. The Bertz CT molecular complexity index is 430. The molecule has 1 aliphatic carbocycles. The van der Waals surface area contributed by atoms with Gasteiger partial charge in [-0.3, -0.25) is 10.1 Å². The lowest BCUT2D eigenvalue weighted by atomic mass is 10.1. The second-order valence-corrected chi connectivity index (χ2v) is 4.49. The van der Waals surface area contributed by atoms with Gasteiger partial charge in [-0.25, -0.2) is 0 Å². The molecule has 1 saturated carbocycles. The SMILES string of the molecule is CCc1ccc(OCCNC2CC2)c([N+](=O)[O-])c1. The van der Waals surface area contributed by atoms with E-state index in [2.05, 4.69) is 5.32 Å². The van der Waals surface area contributed by atoms with Crippen LogP contribution < -0.4 is 10.1 Å². The summed E-state index contributed by atoms with van der Waals surface area (Å²) in [6, 6.07) is 5.78. The lowest BCUT2D eigenvalue weighted by molar-refractivity contribution is -0.385. The summed E-state index contributed by atoms with van der Waals surface area (Å²) in [6.45, 7) is 3.17. The van der Waals surface area contributed by atoms with Crippen LogP contribution in [0.3, 0.4) is 0 Å². The molecule has 2 rings (SSSR count). The monoisotopic (exact) mass is 250 g/mol. The fraction of sp³-hybridized carbons (Fsp3) is 0.538. The van der Waals surface area contributed by atoms with E-state index in [0.717, 1.165) is 18.5 Å². The lowest BCUT2D eigenvalue weighted by Crippen LogP contribution is -2.23. The van der Waals surface area contributed by atoms with Crippen molar-refractivity contribution in [2.24, 2.45) is 0 Å². The standard InChI is InChI=1S/C13H18N2O3/c1-2-10-3-6-13(12(9-10)15(16)17)18-8-7-14-11-4-5-11/h3,6,9,11,14H,2,4-5,7-8H2,1H3. The van der Waals surface area contributed by atoms with Gasteiger partial charge in [-0.2, -0.15) is 0 Å². The van der Waals surface area contributed by atoms with Crippen molar-refractivity contribution in [1.29, 1.82) is 0 Å². The van der Waals surface area contributed by atoms with Gasteiger partial charge in [0.1, 0.15) is 6.61 Å². The van der Waals surface area contributed by atoms with Gasteiger partial charge in [0.05, 0.1) is 4.92 Å². The summed E-state index contributed by atoms with van der Waals surface area (Å²) in [4.78, 5) is 10.6. The molecule has 1 fully saturated rings. The Hall–Kier alpha value is -1.62. The van der Waals surface area contributed by atoms with Crippen LogP contribution in [0.2, 0.25) is 0 Å². The minimum atomic E-state index is -0.386. The van der Waals surface area contributed by atoms with Crippen LogP contribution in [0.5, 0.6) is 5.75 Å². The Kier molecular flexibility index (Phi) is 4.15. The van der Waals surface area contributed by atoms with Gasteiger partial charge in [0, 0.05) is 18.7 Å². The molecule has 0 spiro atoms. The highest BCUT2D eigenvalue weighted by Gasteiger charge is 2.20. The number of rotatable bonds is 7. The quantitative estimate of drug-likeness (QED) is 0.458. The molecule has 1 aliphatic rings. The maximum atomic E-state index is 11.0. The van der Waals surface area contributed by atoms with Gasteiger partial charge in [-0.15, -0.1) is 0 Å². The van der Waals surface area contributed by atoms with Gasteiger partial charge in [0.15, 0.2) is 5.75 Å². The van der Waals surface area contributed by atoms with E-state index in [1.54, 1.807) is 12.1 Å². The number of aryl methyl sites for hydroxylation is 1. The summed E-state index contributed by atoms with van der Waals surface area (Å²) in [6.07, 6.45) is 3.24. The van der Waals surface area contributed by atoms with E-state index in [0.29, 0.717) is 18.4 Å². The molecule has 0 radical (unpaired) electrons. The van der Waals surface area contributed by atoms with Crippen molar-refractivity contribution in [2.75, 3.05) is 13.2 Å². The molecule has 18 heavy (non-hydrogen) atoms. The third-order valence-corrected chi connectivity index (χ3v) is 3.00. The van der Waals surface area contributed by atoms with Crippen LogP contribution >= 0.6 is 0 Å². The number of nitrogens with zero attached hydrogens (tertiary/aromatic N) is 1. The first kappa shape index (κ1) is 12.8. The van der Waals surface area contributed by atoms with Crippen molar-refractivity contribution in [1.82, 2.24) is 5.32 Å². The fourth-order valence-electron chi connectivity index (χ4n) is 1.76. The van der Waals surface area contributed by atoms with Crippen LogP contribution in [-0.2, 0) is 6.42 Å². The number of ether oxygens (including phenoxy) is 1. The molecule has 98 valence electrons. The first-order valence-corrected chi connectivity index (χ1v) is 6.34. The van der Waals surface area contributed by atoms with Crippen molar-refractivity contribution >= 4 is 5.69 Å². The molecule has 1 aromatic rings. The molecule has 0 aliphatic heterocycles. The first-order chi connectivity index (χ1) is 8.70. The van der Waals surface area contributed by atoms with Crippen LogP contribution in [0, 0.1) is 10.1 Å². The van der Waals surface area contributed by atoms with Crippen molar-refractivity contribution < 1.29 is 9.66 Å². The zero-order valence-corrected chi connectivity index (χ0v) is 10.5. The molecule has 0 unspecified atom stereocenters. The molecule has 5 nitrogen and oxygen atoms in total. The summed E-state index contributed by atoms with van der Waals surface area (Å²) >= 11 is 0. The third kappa shape index (κ3) is 3.43. The summed E-state index contributed by atoms with van der Waals surface area (Å²) < 4.78 is 5.47. The molecule has 0 atom stereocenters. The number of nitrogens with one attached hydrogen (secondary N) is 1. The topological polar surface area (TPSA) is 64.4 Å². The Morgan fingerprint density at radius 1 is 1.50 bits per heavy atom. The molecule has 1 aromatic carbocycles. The maximum Gasteiger partial charge on any atom is 0.311 e. The number of nitro benzene ring substituents is 1. The zero-order chi connectivity index (χ0) is 13.0. The van der Waals surface area contributed by atoms with E-state index in [4.69, 9.17) is 4.74 Å². The second-order valence-electron chi connectivity index (χ2n) is 4.49. The van der Waals surface area contributed by atoms with E-state index < -0.39 is 0 Å². The summed E-state index contributed by atoms with van der Waals surface area (Å²) in [5.74, 6) is 0.356. The highest BCUT2D eigenvalue weighted by atomic mass is 16.6. The van der Waals surface area contributed by atoms with Crippen LogP contribution in [0.15, 0.2) is 18.2 Å². The summed E-state index contributed by atoms with van der Waals surface area (Å²) in [5, 5.41) is 14.3. The van der Waals surface area contributed by atoms with Gasteiger partial charge in [0.25, 0.3) is 0 Å². The largest absolute Gasteiger partial charge is 0.485 e. The Morgan fingerprint density at radius 2 is 2.28 bits per heavy atom. The van der Waals surface area contributed by atoms with Crippen molar-refractivity contribution in [3.63, 3.8) is 0 Å². The van der Waals surface area contributed by atoms with E-state index in [1.165, 1.54) is 12.8 Å². The van der Waals surface area contributed by atoms with Gasteiger partial charge < -0.3 is 10.1 Å². The molecule has 0 saturated heterocycles. The summed E-state index contributed by atoms with van der Waals surface area (Å²) in [5.41, 5.74) is 1.01. The van der Waals surface area contributed by atoms with Gasteiger partial charge in [0.2, 0.25) is 0 Å². The Morgan fingerprint density at radius 3 is 2.89 bits per heavy atom. The molecule has 1 N–H and O–H groups in total. The minimum absolute atomic E-state index is 0.0563.